The minimum atomic E-state index is 0.204. The molecule has 0 radical (unpaired) electrons. The van der Waals surface area contributed by atoms with Gasteiger partial charge in [0.2, 0.25) is 0 Å². The lowest BCUT2D eigenvalue weighted by molar-refractivity contribution is -0.869. The summed E-state index contributed by atoms with van der Waals surface area (Å²) in [6.45, 7) is 0.847. The average molecular weight is 272 g/mol. The third kappa shape index (κ3) is 3.58. The first-order valence-electron chi connectivity index (χ1n) is 6.80. The van der Waals surface area contributed by atoms with Gasteiger partial charge in [-0.25, -0.2) is 0 Å². The number of benzene rings is 2. The molecule has 3 heteroatoms. The smallest absolute Gasteiger partial charge is 0.168 e. The number of Topliss-reactive ketones (excluding diaryl/α,β-unsaturated/α-hetero) is 1. The molecule has 3 nitrogen and oxygen atoms in total. The first kappa shape index (κ1) is 14.5. The van der Waals surface area contributed by atoms with Crippen molar-refractivity contribution in [3.05, 3.63) is 42.0 Å². The number of ketones is 1. The molecule has 2 rings (SSSR count). The molecule has 0 fully saturated rings. The zero-order chi connectivity index (χ0) is 14.8. The molecule has 0 aliphatic rings. The van der Waals surface area contributed by atoms with Gasteiger partial charge >= 0.3 is 0 Å². The molecule has 0 unspecified atom stereocenters. The van der Waals surface area contributed by atoms with Crippen molar-refractivity contribution < 1.29 is 14.0 Å². The summed E-state index contributed by atoms with van der Waals surface area (Å²) in [4.78, 5) is 12.2. The zero-order valence-electron chi connectivity index (χ0n) is 12.6. The zero-order valence-corrected chi connectivity index (χ0v) is 12.6. The molecule has 0 aliphatic heterocycles. The topological polar surface area (TPSA) is 26.3 Å². The van der Waals surface area contributed by atoms with Crippen molar-refractivity contribution in [3.8, 4) is 5.75 Å². The SMILES string of the molecule is COc1ccc2cc(C(=O)CC[N+](C)(C)C)ccc2c1. The van der Waals surface area contributed by atoms with Crippen LogP contribution in [0.3, 0.4) is 0 Å². The molecule has 0 heterocycles. The van der Waals surface area contributed by atoms with Crippen LogP contribution in [-0.4, -0.2) is 45.1 Å². The van der Waals surface area contributed by atoms with Gasteiger partial charge in [-0.3, -0.25) is 4.79 Å². The minimum Gasteiger partial charge on any atom is -0.497 e. The Bertz CT molecular complexity index is 626. The monoisotopic (exact) mass is 272 g/mol. The van der Waals surface area contributed by atoms with Crippen molar-refractivity contribution in [1.82, 2.24) is 0 Å². The van der Waals surface area contributed by atoms with Gasteiger partial charge in [0.1, 0.15) is 5.75 Å². The number of nitrogens with zero attached hydrogens (tertiary/aromatic N) is 1. The van der Waals surface area contributed by atoms with E-state index < -0.39 is 0 Å². The van der Waals surface area contributed by atoms with E-state index in [4.69, 9.17) is 4.74 Å². The van der Waals surface area contributed by atoms with Gasteiger partial charge in [-0.2, -0.15) is 0 Å². The summed E-state index contributed by atoms with van der Waals surface area (Å²) in [5.74, 6) is 1.04. The third-order valence-electron chi connectivity index (χ3n) is 3.38. The Hall–Kier alpha value is -1.87. The fourth-order valence-corrected chi connectivity index (χ4v) is 2.11. The van der Waals surface area contributed by atoms with E-state index in [1.807, 2.05) is 36.4 Å². The Kier molecular flexibility index (Phi) is 4.09. The van der Waals surface area contributed by atoms with Crippen LogP contribution in [-0.2, 0) is 0 Å². The summed E-state index contributed by atoms with van der Waals surface area (Å²) in [6.07, 6.45) is 0.575. The van der Waals surface area contributed by atoms with E-state index in [0.717, 1.165) is 33.1 Å². The van der Waals surface area contributed by atoms with Crippen molar-refractivity contribution in [2.45, 2.75) is 6.42 Å². The van der Waals surface area contributed by atoms with Crippen molar-refractivity contribution in [1.29, 1.82) is 0 Å². The first-order chi connectivity index (χ1) is 9.39. The molecule has 0 aromatic heterocycles. The van der Waals surface area contributed by atoms with E-state index in [1.54, 1.807) is 7.11 Å². The molecule has 0 bridgehead atoms. The van der Waals surface area contributed by atoms with Gasteiger partial charge in [0, 0.05) is 5.56 Å². The second kappa shape index (κ2) is 5.63. The van der Waals surface area contributed by atoms with Crippen molar-refractivity contribution in [2.75, 3.05) is 34.8 Å². The Balaban J connectivity index is 2.21. The van der Waals surface area contributed by atoms with Crippen LogP contribution in [0, 0.1) is 0 Å². The number of ether oxygens (including phenoxy) is 1. The fraction of sp³-hybridized carbons (Fsp3) is 0.353. The number of hydrogen-bond donors (Lipinski definition) is 0. The molecule has 2 aromatic carbocycles. The summed E-state index contributed by atoms with van der Waals surface area (Å²) < 4.78 is 6.01. The molecule has 0 saturated heterocycles. The Labute approximate surface area is 120 Å². The van der Waals surface area contributed by atoms with Gasteiger partial charge in [-0.05, 0) is 29.0 Å². The number of methoxy groups -OCH3 is 1. The molecule has 0 amide bonds. The van der Waals surface area contributed by atoms with Crippen LogP contribution in [0.4, 0.5) is 0 Å². The molecular weight excluding hydrogens is 250 g/mol. The Morgan fingerprint density at radius 1 is 1.05 bits per heavy atom. The number of hydrogen-bond acceptors (Lipinski definition) is 2. The number of quaternary nitrogens is 1. The summed E-state index contributed by atoms with van der Waals surface area (Å²) >= 11 is 0. The summed E-state index contributed by atoms with van der Waals surface area (Å²) in [5, 5.41) is 2.16. The lowest BCUT2D eigenvalue weighted by Gasteiger charge is -2.23. The van der Waals surface area contributed by atoms with Crippen molar-refractivity contribution in [3.63, 3.8) is 0 Å². The van der Waals surface area contributed by atoms with Gasteiger partial charge in [-0.15, -0.1) is 0 Å². The van der Waals surface area contributed by atoms with Gasteiger partial charge < -0.3 is 9.22 Å². The highest BCUT2D eigenvalue weighted by Gasteiger charge is 2.13. The van der Waals surface area contributed by atoms with E-state index in [1.165, 1.54) is 0 Å². The van der Waals surface area contributed by atoms with Crippen molar-refractivity contribution in [2.24, 2.45) is 0 Å². The van der Waals surface area contributed by atoms with E-state index in [2.05, 4.69) is 21.1 Å². The predicted octanol–water partition coefficient (Wildman–Crippen LogP) is 3.13. The summed E-state index contributed by atoms with van der Waals surface area (Å²) in [7, 11) is 7.95. The molecule has 0 atom stereocenters. The van der Waals surface area contributed by atoms with Crippen LogP contribution < -0.4 is 4.74 Å². The normalized spacial score (nSPS) is 11.6. The van der Waals surface area contributed by atoms with Gasteiger partial charge in [0.15, 0.2) is 5.78 Å². The highest BCUT2D eigenvalue weighted by atomic mass is 16.5. The van der Waals surface area contributed by atoms with Crippen LogP contribution in [0.5, 0.6) is 5.75 Å². The highest BCUT2D eigenvalue weighted by Crippen LogP contribution is 2.22. The third-order valence-corrected chi connectivity index (χ3v) is 3.38. The van der Waals surface area contributed by atoms with E-state index >= 15 is 0 Å². The van der Waals surface area contributed by atoms with Crippen LogP contribution >= 0.6 is 0 Å². The molecule has 0 N–H and O–H groups in total. The standard InChI is InChI=1S/C17H22NO2/c1-18(2,3)10-9-17(19)15-6-5-14-12-16(20-4)8-7-13(14)11-15/h5-8,11-12H,9-10H2,1-4H3/q+1. The fourth-order valence-electron chi connectivity index (χ4n) is 2.11. The average Bonchev–Trinajstić information content (AvgIpc) is 2.42. The molecular formula is C17H22NO2+. The maximum absolute atomic E-state index is 12.2. The molecule has 20 heavy (non-hydrogen) atoms. The molecule has 0 saturated carbocycles. The number of fused-ring (bicyclic) bond motifs is 1. The first-order valence-corrected chi connectivity index (χ1v) is 6.80. The van der Waals surface area contributed by atoms with Gasteiger partial charge in [0.05, 0.1) is 41.2 Å². The van der Waals surface area contributed by atoms with Crippen molar-refractivity contribution >= 4 is 16.6 Å². The Morgan fingerprint density at radius 3 is 2.35 bits per heavy atom. The molecule has 2 aromatic rings. The summed E-state index contributed by atoms with van der Waals surface area (Å²) in [6, 6.07) is 11.7. The van der Waals surface area contributed by atoms with Crippen LogP contribution in [0.2, 0.25) is 0 Å². The lowest BCUT2D eigenvalue weighted by atomic mass is 10.0. The van der Waals surface area contributed by atoms with E-state index in [9.17, 15) is 4.79 Å². The van der Waals surface area contributed by atoms with Crippen LogP contribution in [0.25, 0.3) is 10.8 Å². The minimum absolute atomic E-state index is 0.204. The number of carbonyl (C=O) groups excluding carboxylic acids is 1. The summed E-state index contributed by atoms with van der Waals surface area (Å²) in [5.41, 5.74) is 0.788. The van der Waals surface area contributed by atoms with E-state index in [0.29, 0.717) is 6.42 Å². The second-order valence-electron chi connectivity index (χ2n) is 6.11. The number of rotatable bonds is 5. The largest absolute Gasteiger partial charge is 0.497 e. The highest BCUT2D eigenvalue weighted by molar-refractivity contribution is 6.00. The lowest BCUT2D eigenvalue weighted by Crippen LogP contribution is -2.36. The maximum Gasteiger partial charge on any atom is 0.168 e. The van der Waals surface area contributed by atoms with Crippen LogP contribution in [0.1, 0.15) is 16.8 Å². The molecule has 0 aliphatic carbocycles. The van der Waals surface area contributed by atoms with E-state index in [-0.39, 0.29) is 5.78 Å². The molecule has 0 spiro atoms. The molecule has 106 valence electrons. The van der Waals surface area contributed by atoms with Gasteiger partial charge in [0.25, 0.3) is 0 Å². The Morgan fingerprint density at radius 2 is 1.70 bits per heavy atom. The van der Waals surface area contributed by atoms with Crippen LogP contribution in [0.15, 0.2) is 36.4 Å². The quantitative estimate of drug-likeness (QED) is 0.617. The van der Waals surface area contributed by atoms with Gasteiger partial charge in [-0.1, -0.05) is 18.2 Å². The maximum atomic E-state index is 12.2. The number of carbonyl (C=O) groups is 1. The predicted molar refractivity (Wildman–Crippen MR) is 82.3 cm³/mol. The second-order valence-corrected chi connectivity index (χ2v) is 6.11.